The number of nitrogens with one attached hydrogen (secondary N) is 2. The van der Waals surface area contributed by atoms with Gasteiger partial charge in [-0.2, -0.15) is 0 Å². The highest BCUT2D eigenvalue weighted by atomic mass is 35.5. The van der Waals surface area contributed by atoms with E-state index in [9.17, 15) is 14.0 Å². The molecule has 168 valence electrons. The normalized spacial score (nSPS) is 12.9. The number of benzene rings is 3. The molecule has 0 spiro atoms. The predicted molar refractivity (Wildman–Crippen MR) is 131 cm³/mol. The fourth-order valence-corrected chi connectivity index (χ4v) is 4.05. The van der Waals surface area contributed by atoms with Gasteiger partial charge in [-0.3, -0.25) is 14.6 Å². The quantitative estimate of drug-likeness (QED) is 0.433. The summed E-state index contributed by atoms with van der Waals surface area (Å²) >= 11 is 12.1. The molecule has 5 nitrogen and oxygen atoms in total. The van der Waals surface area contributed by atoms with Crippen LogP contribution in [0, 0.1) is 12.7 Å². The highest BCUT2D eigenvalue weighted by Crippen LogP contribution is 2.28. The molecule has 3 aromatic carbocycles. The Bertz CT molecular complexity index is 1270. The fourth-order valence-electron chi connectivity index (χ4n) is 3.65. The van der Waals surface area contributed by atoms with Crippen LogP contribution in [0.25, 0.3) is 0 Å². The zero-order chi connectivity index (χ0) is 23.5. The minimum Gasteiger partial charge on any atom is -0.322 e. The van der Waals surface area contributed by atoms with Gasteiger partial charge in [-0.1, -0.05) is 29.3 Å². The highest BCUT2D eigenvalue weighted by Gasteiger charge is 2.21. The smallest absolute Gasteiger partial charge is 0.258 e. The molecule has 0 aliphatic carbocycles. The molecular weight excluding hydrogens is 464 g/mol. The minimum absolute atomic E-state index is 0.129. The van der Waals surface area contributed by atoms with Crippen molar-refractivity contribution in [1.82, 2.24) is 0 Å². The molecule has 2 amide bonds. The van der Waals surface area contributed by atoms with Gasteiger partial charge < -0.3 is 10.6 Å². The molecule has 0 fully saturated rings. The van der Waals surface area contributed by atoms with Crippen LogP contribution in [0.3, 0.4) is 0 Å². The van der Waals surface area contributed by atoms with Gasteiger partial charge in [0.2, 0.25) is 0 Å². The van der Waals surface area contributed by atoms with E-state index in [0.29, 0.717) is 26.9 Å². The maximum atomic E-state index is 14.8. The van der Waals surface area contributed by atoms with E-state index in [-0.39, 0.29) is 16.8 Å². The molecule has 3 aromatic rings. The number of aryl methyl sites for hydroxylation is 1. The first-order valence-corrected chi connectivity index (χ1v) is 11.1. The molecule has 8 heteroatoms. The van der Waals surface area contributed by atoms with Crippen LogP contribution in [0.15, 0.2) is 59.6 Å². The summed E-state index contributed by atoms with van der Waals surface area (Å²) in [6.45, 7) is 2.44. The Kier molecular flexibility index (Phi) is 6.77. The van der Waals surface area contributed by atoms with Crippen molar-refractivity contribution in [3.63, 3.8) is 0 Å². The van der Waals surface area contributed by atoms with E-state index in [1.54, 1.807) is 43.3 Å². The van der Waals surface area contributed by atoms with Gasteiger partial charge in [0, 0.05) is 28.0 Å². The molecule has 1 heterocycles. The van der Waals surface area contributed by atoms with Gasteiger partial charge >= 0.3 is 0 Å². The number of rotatable bonds is 5. The molecule has 0 saturated heterocycles. The van der Waals surface area contributed by atoms with Gasteiger partial charge in [-0.05, 0) is 79.4 Å². The molecule has 1 aliphatic heterocycles. The molecule has 33 heavy (non-hydrogen) atoms. The van der Waals surface area contributed by atoms with E-state index < -0.39 is 17.6 Å². The molecule has 0 aromatic heterocycles. The van der Waals surface area contributed by atoms with Crippen molar-refractivity contribution in [3.8, 4) is 0 Å². The van der Waals surface area contributed by atoms with Crippen LogP contribution >= 0.6 is 23.2 Å². The molecule has 0 radical (unpaired) electrons. The fraction of sp³-hybridized carbons (Fsp3) is 0.160. The van der Waals surface area contributed by atoms with Crippen molar-refractivity contribution in [2.75, 3.05) is 17.2 Å². The van der Waals surface area contributed by atoms with Gasteiger partial charge in [-0.15, -0.1) is 0 Å². The van der Waals surface area contributed by atoms with Gasteiger partial charge in [0.15, 0.2) is 0 Å². The monoisotopic (exact) mass is 483 g/mol. The number of anilines is 2. The van der Waals surface area contributed by atoms with Crippen LogP contribution in [-0.4, -0.2) is 24.1 Å². The Morgan fingerprint density at radius 2 is 1.64 bits per heavy atom. The van der Waals surface area contributed by atoms with Crippen LogP contribution in [-0.2, 0) is 0 Å². The lowest BCUT2D eigenvalue weighted by atomic mass is 10.0. The van der Waals surface area contributed by atoms with Crippen molar-refractivity contribution in [3.05, 3.63) is 92.7 Å². The summed E-state index contributed by atoms with van der Waals surface area (Å²) in [7, 11) is 0. The molecule has 0 unspecified atom stereocenters. The maximum absolute atomic E-state index is 14.8. The molecule has 2 N–H and O–H groups in total. The minimum atomic E-state index is -0.668. The topological polar surface area (TPSA) is 70.6 Å². The summed E-state index contributed by atoms with van der Waals surface area (Å²) < 4.78 is 14.8. The third-order valence-electron chi connectivity index (χ3n) is 5.31. The van der Waals surface area contributed by atoms with E-state index >= 15 is 0 Å². The summed E-state index contributed by atoms with van der Waals surface area (Å²) in [5.74, 6) is -1.80. The number of hydrogen-bond acceptors (Lipinski definition) is 3. The number of amides is 2. The van der Waals surface area contributed by atoms with E-state index in [0.717, 1.165) is 25.1 Å². The van der Waals surface area contributed by atoms with Crippen molar-refractivity contribution >= 4 is 52.1 Å². The predicted octanol–water partition coefficient (Wildman–Crippen LogP) is 6.53. The molecule has 0 bridgehead atoms. The number of aliphatic imine (C=N–C) groups is 1. The first kappa shape index (κ1) is 23.0. The number of halogens is 3. The summed E-state index contributed by atoms with van der Waals surface area (Å²) in [6, 6.07) is 14.1. The van der Waals surface area contributed by atoms with Crippen molar-refractivity contribution in [2.45, 2.75) is 19.8 Å². The Morgan fingerprint density at radius 1 is 0.909 bits per heavy atom. The largest absolute Gasteiger partial charge is 0.322 e. The number of carbonyl (C=O) groups excluding carboxylic acids is 2. The zero-order valence-electron chi connectivity index (χ0n) is 17.7. The number of nitrogens with zero attached hydrogens (tertiary/aromatic N) is 1. The first-order chi connectivity index (χ1) is 15.8. The second-order valence-electron chi connectivity index (χ2n) is 7.69. The molecule has 1 aliphatic rings. The number of carbonyl (C=O) groups is 2. The molecule has 4 rings (SSSR count). The van der Waals surface area contributed by atoms with Gasteiger partial charge in [0.25, 0.3) is 11.8 Å². The highest BCUT2D eigenvalue weighted by molar-refractivity contribution is 6.31. The van der Waals surface area contributed by atoms with Crippen LogP contribution in [0.4, 0.5) is 15.8 Å². The Hall–Kier alpha value is -3.22. The molecule has 0 atom stereocenters. The Morgan fingerprint density at radius 3 is 2.30 bits per heavy atom. The van der Waals surface area contributed by atoms with Crippen LogP contribution in [0.2, 0.25) is 10.0 Å². The van der Waals surface area contributed by atoms with Crippen molar-refractivity contribution in [1.29, 1.82) is 0 Å². The van der Waals surface area contributed by atoms with Gasteiger partial charge in [0.05, 0.1) is 16.8 Å². The summed E-state index contributed by atoms with van der Waals surface area (Å²) in [5.41, 5.74) is 2.88. The lowest BCUT2D eigenvalue weighted by Crippen LogP contribution is -2.20. The third-order valence-corrected chi connectivity index (χ3v) is 5.78. The zero-order valence-corrected chi connectivity index (χ0v) is 19.2. The average molecular weight is 484 g/mol. The third kappa shape index (κ3) is 5.24. The lowest BCUT2D eigenvalue weighted by molar-refractivity contribution is 0.102. The lowest BCUT2D eigenvalue weighted by Gasteiger charge is -2.15. The molecular formula is C25H20Cl2FN3O2. The summed E-state index contributed by atoms with van der Waals surface area (Å²) in [6.07, 6.45) is 1.73. The second-order valence-corrected chi connectivity index (χ2v) is 8.56. The summed E-state index contributed by atoms with van der Waals surface area (Å²) in [4.78, 5) is 30.2. The van der Waals surface area contributed by atoms with Crippen molar-refractivity contribution in [2.24, 2.45) is 4.99 Å². The van der Waals surface area contributed by atoms with E-state index in [2.05, 4.69) is 15.6 Å². The van der Waals surface area contributed by atoms with Gasteiger partial charge in [-0.25, -0.2) is 4.39 Å². The SMILES string of the molecule is Cc1cc(Cl)cc(C(=O)Nc2ccc(Cl)cc2)c1NC(=O)c1ccc(C2=NCCC2)cc1F. The van der Waals surface area contributed by atoms with Gasteiger partial charge in [0.1, 0.15) is 5.82 Å². The Balaban J connectivity index is 1.60. The van der Waals surface area contributed by atoms with E-state index in [4.69, 9.17) is 23.2 Å². The van der Waals surface area contributed by atoms with E-state index in [1.165, 1.54) is 18.2 Å². The first-order valence-electron chi connectivity index (χ1n) is 10.3. The summed E-state index contributed by atoms with van der Waals surface area (Å²) in [5, 5.41) is 6.29. The number of hydrogen-bond donors (Lipinski definition) is 2. The van der Waals surface area contributed by atoms with Crippen LogP contribution < -0.4 is 10.6 Å². The van der Waals surface area contributed by atoms with Crippen LogP contribution in [0.1, 0.15) is 44.7 Å². The van der Waals surface area contributed by atoms with E-state index in [1.807, 2.05) is 0 Å². The Labute approximate surface area is 200 Å². The standard InChI is InChI=1S/C25H20Cl2FN3O2/c1-14-11-17(27)13-20(25(33)30-18-7-5-16(26)6-8-18)23(14)31-24(32)19-9-4-15(12-21(19)28)22-3-2-10-29-22/h4-9,11-13H,2-3,10H2,1H3,(H,30,33)(H,31,32). The average Bonchev–Trinajstić information content (AvgIpc) is 3.31. The van der Waals surface area contributed by atoms with Crippen LogP contribution in [0.5, 0.6) is 0 Å². The maximum Gasteiger partial charge on any atom is 0.258 e. The molecule has 0 saturated carbocycles. The van der Waals surface area contributed by atoms with Crippen molar-refractivity contribution < 1.29 is 14.0 Å². The second kappa shape index (κ2) is 9.73.